The van der Waals surface area contributed by atoms with Gasteiger partial charge in [-0.15, -0.1) is 10.2 Å². The summed E-state index contributed by atoms with van der Waals surface area (Å²) >= 11 is 0. The van der Waals surface area contributed by atoms with Crippen LogP contribution in [0, 0.1) is 13.8 Å². The zero-order valence-electron chi connectivity index (χ0n) is 12.5. The van der Waals surface area contributed by atoms with Crippen LogP contribution in [0.2, 0.25) is 0 Å². The maximum absolute atomic E-state index is 5.62. The van der Waals surface area contributed by atoms with Crippen LogP contribution in [0.15, 0.2) is 24.3 Å². The summed E-state index contributed by atoms with van der Waals surface area (Å²) < 4.78 is 5.62. The van der Waals surface area contributed by atoms with Crippen LogP contribution in [-0.4, -0.2) is 34.4 Å². The fourth-order valence-corrected chi connectivity index (χ4v) is 2.47. The lowest BCUT2D eigenvalue weighted by Gasteiger charge is -2.13. The second-order valence-corrected chi connectivity index (χ2v) is 5.45. The largest absolute Gasteiger partial charge is 0.376 e. The lowest BCUT2D eigenvalue weighted by molar-refractivity contribution is 0.120. The standard InChI is InChI=1S/C16H20N4O/c1-11-5-3-6-13(9-11)16-18-15(12(2)19-20-16)17-10-14-7-4-8-21-14/h3,5-6,9,14H,4,7-8,10H2,1-2H3,(H,17,18,20). The molecule has 1 fully saturated rings. The molecule has 1 unspecified atom stereocenters. The van der Waals surface area contributed by atoms with Gasteiger partial charge in [0.15, 0.2) is 11.6 Å². The van der Waals surface area contributed by atoms with Crippen LogP contribution in [0.1, 0.15) is 24.1 Å². The van der Waals surface area contributed by atoms with Crippen molar-refractivity contribution in [3.8, 4) is 11.4 Å². The molecule has 1 aromatic carbocycles. The van der Waals surface area contributed by atoms with Crippen LogP contribution in [0.5, 0.6) is 0 Å². The van der Waals surface area contributed by atoms with Crippen LogP contribution in [0.4, 0.5) is 5.82 Å². The van der Waals surface area contributed by atoms with E-state index in [9.17, 15) is 0 Å². The predicted molar refractivity (Wildman–Crippen MR) is 82.2 cm³/mol. The summed E-state index contributed by atoms with van der Waals surface area (Å²) in [5.41, 5.74) is 2.98. The number of hydrogen-bond acceptors (Lipinski definition) is 5. The molecule has 1 N–H and O–H groups in total. The number of benzene rings is 1. The molecule has 5 heteroatoms. The van der Waals surface area contributed by atoms with E-state index in [0.29, 0.717) is 5.82 Å². The Balaban J connectivity index is 1.78. The fraction of sp³-hybridized carbons (Fsp3) is 0.438. The molecule has 0 bridgehead atoms. The summed E-state index contributed by atoms with van der Waals surface area (Å²) in [5, 5.41) is 11.8. The average molecular weight is 284 g/mol. The number of nitrogens with zero attached hydrogens (tertiary/aromatic N) is 3. The Bertz CT molecular complexity index is 623. The molecule has 1 saturated heterocycles. The van der Waals surface area contributed by atoms with Gasteiger partial charge in [0, 0.05) is 18.7 Å². The molecular weight excluding hydrogens is 264 g/mol. The van der Waals surface area contributed by atoms with E-state index in [1.165, 1.54) is 5.56 Å². The van der Waals surface area contributed by atoms with Crippen molar-refractivity contribution in [1.82, 2.24) is 15.2 Å². The summed E-state index contributed by atoms with van der Waals surface area (Å²) in [7, 11) is 0. The van der Waals surface area contributed by atoms with E-state index < -0.39 is 0 Å². The van der Waals surface area contributed by atoms with Crippen LogP contribution in [0.25, 0.3) is 11.4 Å². The van der Waals surface area contributed by atoms with Crippen molar-refractivity contribution in [2.75, 3.05) is 18.5 Å². The minimum Gasteiger partial charge on any atom is -0.376 e. The number of rotatable bonds is 4. The van der Waals surface area contributed by atoms with Crippen molar-refractivity contribution in [1.29, 1.82) is 0 Å². The van der Waals surface area contributed by atoms with Gasteiger partial charge in [-0.1, -0.05) is 23.8 Å². The van der Waals surface area contributed by atoms with Crippen molar-refractivity contribution in [3.63, 3.8) is 0 Å². The Morgan fingerprint density at radius 1 is 1.29 bits per heavy atom. The van der Waals surface area contributed by atoms with E-state index in [0.717, 1.165) is 43.1 Å². The summed E-state index contributed by atoms with van der Waals surface area (Å²) in [6.07, 6.45) is 2.53. The third-order valence-electron chi connectivity index (χ3n) is 3.65. The van der Waals surface area contributed by atoms with Crippen LogP contribution >= 0.6 is 0 Å². The topological polar surface area (TPSA) is 59.9 Å². The SMILES string of the molecule is Cc1cccc(-c2nnc(C)c(NCC3CCCO3)n2)c1. The Morgan fingerprint density at radius 2 is 2.19 bits per heavy atom. The first kappa shape index (κ1) is 13.9. The van der Waals surface area contributed by atoms with Crippen molar-refractivity contribution < 1.29 is 4.74 Å². The van der Waals surface area contributed by atoms with E-state index in [2.05, 4.69) is 39.6 Å². The van der Waals surface area contributed by atoms with Crippen molar-refractivity contribution >= 4 is 5.82 Å². The second kappa shape index (κ2) is 6.18. The van der Waals surface area contributed by atoms with E-state index in [1.54, 1.807) is 0 Å². The monoisotopic (exact) mass is 284 g/mol. The van der Waals surface area contributed by atoms with Gasteiger partial charge in [-0.3, -0.25) is 0 Å². The molecule has 1 aromatic heterocycles. The van der Waals surface area contributed by atoms with Gasteiger partial charge in [-0.05, 0) is 32.8 Å². The normalized spacial score (nSPS) is 17.9. The number of aryl methyl sites for hydroxylation is 2. The van der Waals surface area contributed by atoms with Gasteiger partial charge in [-0.25, -0.2) is 4.98 Å². The first-order chi connectivity index (χ1) is 10.2. The molecule has 1 atom stereocenters. The number of nitrogens with one attached hydrogen (secondary N) is 1. The third kappa shape index (κ3) is 3.36. The first-order valence-electron chi connectivity index (χ1n) is 7.36. The molecule has 5 nitrogen and oxygen atoms in total. The minimum atomic E-state index is 0.279. The quantitative estimate of drug-likeness (QED) is 0.935. The zero-order valence-corrected chi connectivity index (χ0v) is 12.5. The summed E-state index contributed by atoms with van der Waals surface area (Å²) in [6, 6.07) is 8.13. The van der Waals surface area contributed by atoms with E-state index in [1.807, 2.05) is 19.1 Å². The van der Waals surface area contributed by atoms with E-state index in [4.69, 9.17) is 4.74 Å². The predicted octanol–water partition coefficient (Wildman–Crippen LogP) is 2.75. The molecule has 2 aromatic rings. The van der Waals surface area contributed by atoms with Crippen LogP contribution in [0.3, 0.4) is 0 Å². The Morgan fingerprint density at radius 3 is 2.95 bits per heavy atom. The highest BCUT2D eigenvalue weighted by atomic mass is 16.5. The summed E-state index contributed by atoms with van der Waals surface area (Å²) in [5.74, 6) is 1.44. The van der Waals surface area contributed by atoms with Gasteiger partial charge >= 0.3 is 0 Å². The van der Waals surface area contributed by atoms with Gasteiger partial charge in [-0.2, -0.15) is 0 Å². The first-order valence-corrected chi connectivity index (χ1v) is 7.36. The average Bonchev–Trinajstić information content (AvgIpc) is 3.00. The molecule has 3 rings (SSSR count). The van der Waals surface area contributed by atoms with Crippen LogP contribution < -0.4 is 5.32 Å². The maximum atomic E-state index is 5.62. The highest BCUT2D eigenvalue weighted by Crippen LogP contribution is 2.19. The Labute approximate surface area is 124 Å². The Hall–Kier alpha value is -2.01. The minimum absolute atomic E-state index is 0.279. The van der Waals surface area contributed by atoms with Gasteiger partial charge < -0.3 is 10.1 Å². The number of ether oxygens (including phenoxy) is 1. The van der Waals surface area contributed by atoms with Gasteiger partial charge in [0.05, 0.1) is 6.10 Å². The second-order valence-electron chi connectivity index (χ2n) is 5.45. The molecule has 1 aliphatic heterocycles. The van der Waals surface area contributed by atoms with E-state index in [-0.39, 0.29) is 6.10 Å². The van der Waals surface area contributed by atoms with Crippen molar-refractivity contribution in [2.45, 2.75) is 32.8 Å². The molecule has 110 valence electrons. The molecule has 0 aliphatic carbocycles. The zero-order chi connectivity index (χ0) is 14.7. The van der Waals surface area contributed by atoms with Gasteiger partial charge in [0.2, 0.25) is 0 Å². The lowest BCUT2D eigenvalue weighted by Crippen LogP contribution is -2.20. The molecule has 0 radical (unpaired) electrons. The summed E-state index contributed by atoms with van der Waals surface area (Å²) in [4.78, 5) is 4.60. The smallest absolute Gasteiger partial charge is 0.183 e. The highest BCUT2D eigenvalue weighted by molar-refractivity contribution is 5.58. The molecular formula is C16H20N4O. The molecule has 0 saturated carbocycles. The molecule has 2 heterocycles. The van der Waals surface area contributed by atoms with Crippen molar-refractivity contribution in [2.24, 2.45) is 0 Å². The maximum Gasteiger partial charge on any atom is 0.183 e. The highest BCUT2D eigenvalue weighted by Gasteiger charge is 2.16. The van der Waals surface area contributed by atoms with Gasteiger partial charge in [0.25, 0.3) is 0 Å². The molecule has 21 heavy (non-hydrogen) atoms. The molecule has 0 spiro atoms. The van der Waals surface area contributed by atoms with Crippen molar-refractivity contribution in [3.05, 3.63) is 35.5 Å². The molecule has 1 aliphatic rings. The number of hydrogen-bond donors (Lipinski definition) is 1. The van der Waals surface area contributed by atoms with Crippen LogP contribution in [-0.2, 0) is 4.74 Å². The van der Waals surface area contributed by atoms with Gasteiger partial charge in [0.1, 0.15) is 5.69 Å². The number of anilines is 1. The van der Waals surface area contributed by atoms with E-state index >= 15 is 0 Å². The molecule has 0 amide bonds. The third-order valence-corrected chi connectivity index (χ3v) is 3.65. The lowest BCUT2D eigenvalue weighted by atomic mass is 10.1. The Kier molecular flexibility index (Phi) is 4.10. The fourth-order valence-electron chi connectivity index (χ4n) is 2.47. The number of aromatic nitrogens is 3. The summed E-state index contributed by atoms with van der Waals surface area (Å²) in [6.45, 7) is 5.61.